The molecule has 2 saturated heterocycles. The lowest BCUT2D eigenvalue weighted by Gasteiger charge is -2.29. The second-order valence-electron chi connectivity index (χ2n) is 7.56. The smallest absolute Gasteiger partial charge is 0.273 e. The summed E-state index contributed by atoms with van der Waals surface area (Å²) in [5.74, 6) is 1.52. The van der Waals surface area contributed by atoms with Gasteiger partial charge in [-0.3, -0.25) is 9.78 Å². The number of morpholine rings is 1. The van der Waals surface area contributed by atoms with Gasteiger partial charge in [0.15, 0.2) is 11.5 Å². The number of anilines is 1. The molecule has 2 fully saturated rings. The number of carbonyl (C=O) groups excluding carboxylic acids is 1. The predicted octanol–water partition coefficient (Wildman–Crippen LogP) is 2.67. The van der Waals surface area contributed by atoms with Crippen LogP contribution in [0.25, 0.3) is 0 Å². The van der Waals surface area contributed by atoms with E-state index in [0.29, 0.717) is 32.1 Å². The van der Waals surface area contributed by atoms with Gasteiger partial charge in [-0.25, -0.2) is 0 Å². The van der Waals surface area contributed by atoms with E-state index in [1.54, 1.807) is 6.20 Å². The number of ether oxygens (including phenoxy) is 3. The maximum absolute atomic E-state index is 13.3. The number of carbonyl (C=O) groups is 1. The van der Waals surface area contributed by atoms with E-state index in [-0.39, 0.29) is 11.9 Å². The average Bonchev–Trinajstić information content (AvgIpc) is 3.29. The molecule has 0 spiro atoms. The van der Waals surface area contributed by atoms with E-state index in [0.717, 1.165) is 55.2 Å². The van der Waals surface area contributed by atoms with Crippen molar-refractivity contribution in [3.8, 4) is 11.5 Å². The normalized spacial score (nSPS) is 21.3. The molecule has 2 aromatic rings. The average molecular weight is 395 g/mol. The monoisotopic (exact) mass is 395 g/mol. The number of amides is 1. The highest BCUT2D eigenvalue weighted by molar-refractivity contribution is 5.93. The Bertz CT molecular complexity index is 897. The van der Waals surface area contributed by atoms with Gasteiger partial charge < -0.3 is 24.0 Å². The molecule has 1 aromatic heterocycles. The third-order valence-corrected chi connectivity index (χ3v) is 5.80. The van der Waals surface area contributed by atoms with E-state index in [2.05, 4.69) is 9.88 Å². The van der Waals surface area contributed by atoms with Crippen LogP contribution in [-0.4, -0.2) is 61.9 Å². The third kappa shape index (κ3) is 3.62. The zero-order chi connectivity index (χ0) is 19.6. The number of rotatable bonds is 3. The molecule has 0 N–H and O–H groups in total. The molecule has 1 amide bonds. The number of hydrogen-bond acceptors (Lipinski definition) is 6. The molecular formula is C22H25N3O4. The first-order valence-corrected chi connectivity index (χ1v) is 10.3. The van der Waals surface area contributed by atoms with Gasteiger partial charge in [0.05, 0.1) is 19.3 Å². The number of fused-ring (bicyclic) bond motifs is 1. The molecule has 7 nitrogen and oxygen atoms in total. The summed E-state index contributed by atoms with van der Waals surface area (Å²) in [6, 6.07) is 9.91. The Labute approximate surface area is 170 Å². The van der Waals surface area contributed by atoms with E-state index in [9.17, 15) is 4.79 Å². The van der Waals surface area contributed by atoms with Crippen molar-refractivity contribution < 1.29 is 19.0 Å². The number of hydrogen-bond donors (Lipinski definition) is 0. The van der Waals surface area contributed by atoms with Crippen LogP contribution >= 0.6 is 0 Å². The van der Waals surface area contributed by atoms with Crippen molar-refractivity contribution in [1.82, 2.24) is 9.88 Å². The maximum atomic E-state index is 13.3. The molecule has 152 valence electrons. The Morgan fingerprint density at radius 1 is 0.966 bits per heavy atom. The van der Waals surface area contributed by atoms with Crippen LogP contribution in [0, 0.1) is 0 Å². The minimum Gasteiger partial charge on any atom is -0.486 e. The summed E-state index contributed by atoms with van der Waals surface area (Å²) in [6.07, 6.45) is 3.65. The summed E-state index contributed by atoms with van der Waals surface area (Å²) >= 11 is 0. The molecule has 3 aliphatic rings. The van der Waals surface area contributed by atoms with Crippen molar-refractivity contribution in [3.05, 3.63) is 47.8 Å². The first kappa shape index (κ1) is 18.2. The summed E-state index contributed by atoms with van der Waals surface area (Å²) < 4.78 is 16.8. The number of likely N-dealkylation sites (tertiary alicyclic amines) is 1. The summed E-state index contributed by atoms with van der Waals surface area (Å²) in [6.45, 7) is 4.96. The summed E-state index contributed by atoms with van der Waals surface area (Å²) in [4.78, 5) is 21.9. The van der Waals surface area contributed by atoms with Gasteiger partial charge in [-0.15, -0.1) is 0 Å². The first-order chi connectivity index (χ1) is 14.3. The molecular weight excluding hydrogens is 370 g/mol. The Hall–Kier alpha value is -2.80. The highest BCUT2D eigenvalue weighted by atomic mass is 16.6. The Balaban J connectivity index is 1.38. The molecule has 1 aromatic carbocycles. The minimum absolute atomic E-state index is 0.0162. The molecule has 0 bridgehead atoms. The zero-order valence-electron chi connectivity index (χ0n) is 16.4. The second-order valence-corrected chi connectivity index (χ2v) is 7.56. The molecule has 5 rings (SSSR count). The lowest BCUT2D eigenvalue weighted by molar-refractivity contribution is 0.0729. The van der Waals surface area contributed by atoms with Crippen LogP contribution in [0.2, 0.25) is 0 Å². The maximum Gasteiger partial charge on any atom is 0.273 e. The molecule has 0 radical (unpaired) electrons. The zero-order valence-corrected chi connectivity index (χ0v) is 16.4. The van der Waals surface area contributed by atoms with E-state index in [4.69, 9.17) is 14.2 Å². The summed E-state index contributed by atoms with van der Waals surface area (Å²) in [5.41, 5.74) is 2.62. The number of aromatic nitrogens is 1. The van der Waals surface area contributed by atoms with Crippen molar-refractivity contribution in [2.75, 3.05) is 51.0 Å². The fourth-order valence-electron chi connectivity index (χ4n) is 4.33. The van der Waals surface area contributed by atoms with Crippen LogP contribution in [0.3, 0.4) is 0 Å². The molecule has 29 heavy (non-hydrogen) atoms. The number of nitrogens with zero attached hydrogens (tertiary/aromatic N) is 3. The Morgan fingerprint density at radius 3 is 2.66 bits per heavy atom. The van der Waals surface area contributed by atoms with E-state index in [1.807, 2.05) is 35.2 Å². The predicted molar refractivity (Wildman–Crippen MR) is 108 cm³/mol. The molecule has 0 aliphatic carbocycles. The molecule has 1 unspecified atom stereocenters. The molecule has 4 heterocycles. The largest absolute Gasteiger partial charge is 0.486 e. The van der Waals surface area contributed by atoms with Gasteiger partial charge in [0.2, 0.25) is 0 Å². The van der Waals surface area contributed by atoms with Crippen molar-refractivity contribution in [1.29, 1.82) is 0 Å². The van der Waals surface area contributed by atoms with Crippen LogP contribution in [0.5, 0.6) is 11.5 Å². The number of benzene rings is 1. The quantitative estimate of drug-likeness (QED) is 0.796. The van der Waals surface area contributed by atoms with Crippen LogP contribution in [-0.2, 0) is 4.74 Å². The van der Waals surface area contributed by atoms with Gasteiger partial charge in [0.1, 0.15) is 18.9 Å². The topological polar surface area (TPSA) is 64.1 Å². The highest BCUT2D eigenvalue weighted by Crippen LogP contribution is 2.38. The van der Waals surface area contributed by atoms with Gasteiger partial charge in [-0.1, -0.05) is 6.07 Å². The molecule has 7 heteroatoms. The molecule has 1 atom stereocenters. The lowest BCUT2D eigenvalue weighted by atomic mass is 10.0. The van der Waals surface area contributed by atoms with Gasteiger partial charge in [0, 0.05) is 31.5 Å². The summed E-state index contributed by atoms with van der Waals surface area (Å²) in [7, 11) is 0. The van der Waals surface area contributed by atoms with E-state index < -0.39 is 0 Å². The Kier molecular flexibility index (Phi) is 4.97. The van der Waals surface area contributed by atoms with Gasteiger partial charge >= 0.3 is 0 Å². The number of pyridine rings is 1. The van der Waals surface area contributed by atoms with Crippen molar-refractivity contribution in [2.24, 2.45) is 0 Å². The SMILES string of the molecule is O=C(c1cc(N2CCOCC2)ccn1)N1CCCC1c1ccc2c(c1)OCCO2. The van der Waals surface area contributed by atoms with Crippen LogP contribution in [0.4, 0.5) is 5.69 Å². The summed E-state index contributed by atoms with van der Waals surface area (Å²) in [5, 5.41) is 0. The Morgan fingerprint density at radius 2 is 1.79 bits per heavy atom. The standard InChI is InChI=1S/C22H25N3O4/c26-22(18-15-17(5-6-23-18)24-8-10-27-11-9-24)25-7-1-2-19(25)16-3-4-20-21(14-16)29-13-12-28-20/h3-6,14-15,19H,1-2,7-13H2. The first-order valence-electron chi connectivity index (χ1n) is 10.3. The third-order valence-electron chi connectivity index (χ3n) is 5.80. The van der Waals surface area contributed by atoms with Gasteiger partial charge in [-0.05, 0) is 42.7 Å². The van der Waals surface area contributed by atoms with Crippen LogP contribution in [0.1, 0.15) is 34.9 Å². The molecule has 0 saturated carbocycles. The van der Waals surface area contributed by atoms with Crippen LogP contribution in [0.15, 0.2) is 36.5 Å². The van der Waals surface area contributed by atoms with Crippen molar-refractivity contribution in [2.45, 2.75) is 18.9 Å². The minimum atomic E-state index is -0.0162. The molecule has 3 aliphatic heterocycles. The van der Waals surface area contributed by atoms with Crippen molar-refractivity contribution >= 4 is 11.6 Å². The lowest BCUT2D eigenvalue weighted by Crippen LogP contribution is -2.36. The van der Waals surface area contributed by atoms with Crippen LogP contribution < -0.4 is 14.4 Å². The van der Waals surface area contributed by atoms with Gasteiger partial charge in [-0.2, -0.15) is 0 Å². The highest BCUT2D eigenvalue weighted by Gasteiger charge is 2.32. The second kappa shape index (κ2) is 7.91. The van der Waals surface area contributed by atoms with E-state index in [1.165, 1.54) is 0 Å². The van der Waals surface area contributed by atoms with Gasteiger partial charge in [0.25, 0.3) is 5.91 Å². The fourth-order valence-corrected chi connectivity index (χ4v) is 4.33. The van der Waals surface area contributed by atoms with Crippen molar-refractivity contribution in [3.63, 3.8) is 0 Å². The van der Waals surface area contributed by atoms with E-state index >= 15 is 0 Å². The fraction of sp³-hybridized carbons (Fsp3) is 0.455.